The minimum atomic E-state index is -0.459. The fraction of sp³-hybridized carbons (Fsp3) is 0.571. The summed E-state index contributed by atoms with van der Waals surface area (Å²) < 4.78 is 13.4. The monoisotopic (exact) mass is 317 g/mol. The molecule has 21 heavy (non-hydrogen) atoms. The molecule has 1 aromatic carbocycles. The van der Waals surface area contributed by atoms with Gasteiger partial charge in [-0.15, -0.1) is 12.4 Å². The first-order valence-electron chi connectivity index (χ1n) is 6.90. The lowest BCUT2D eigenvalue weighted by Gasteiger charge is -2.39. The highest BCUT2D eigenvalue weighted by atomic mass is 35.5. The Morgan fingerprint density at radius 1 is 1.52 bits per heavy atom. The third-order valence-electron chi connectivity index (χ3n) is 4.08. The first-order chi connectivity index (χ1) is 9.52. The van der Waals surface area contributed by atoms with Gasteiger partial charge >= 0.3 is 0 Å². The fourth-order valence-electron chi connectivity index (χ4n) is 2.99. The van der Waals surface area contributed by atoms with Crippen LogP contribution in [0.25, 0.3) is 0 Å². The molecule has 1 saturated heterocycles. The Kier molecular flexibility index (Phi) is 6.51. The Hall–Kier alpha value is -1.24. The molecule has 1 aromatic rings. The van der Waals surface area contributed by atoms with E-state index in [-0.39, 0.29) is 24.1 Å². The van der Waals surface area contributed by atoms with Crippen LogP contribution in [0.5, 0.6) is 0 Å². The Morgan fingerprint density at radius 3 is 2.86 bits per heavy atom. The molecule has 0 amide bonds. The van der Waals surface area contributed by atoms with E-state index in [0.717, 1.165) is 25.5 Å². The molecule has 1 fully saturated rings. The zero-order valence-corrected chi connectivity index (χ0v) is 12.8. The van der Waals surface area contributed by atoms with E-state index in [0.29, 0.717) is 24.6 Å². The first-order valence-corrected chi connectivity index (χ1v) is 6.90. The van der Waals surface area contributed by atoms with Crippen molar-refractivity contribution in [3.8, 4) is 0 Å². The molecule has 0 saturated carbocycles. The van der Waals surface area contributed by atoms with E-state index in [4.69, 9.17) is 5.73 Å². The maximum atomic E-state index is 13.4. The van der Waals surface area contributed by atoms with E-state index in [1.807, 2.05) is 0 Å². The molecule has 0 spiro atoms. The van der Waals surface area contributed by atoms with Gasteiger partial charge in [0.15, 0.2) is 0 Å². The van der Waals surface area contributed by atoms with Crippen molar-refractivity contribution < 1.29 is 9.31 Å². The molecular weight excluding hydrogens is 297 g/mol. The Bertz CT molecular complexity index is 501. The number of hydrogen-bond donors (Lipinski definition) is 1. The molecule has 2 atom stereocenters. The highest BCUT2D eigenvalue weighted by Gasteiger charge is 2.29. The number of halogens is 2. The maximum absolute atomic E-state index is 13.4. The molecular formula is C14H21ClFN3O2. The zero-order valence-electron chi connectivity index (χ0n) is 12.0. The molecule has 2 N–H and O–H groups in total. The van der Waals surface area contributed by atoms with Crippen LogP contribution in [0.3, 0.4) is 0 Å². The van der Waals surface area contributed by atoms with Gasteiger partial charge in [0.2, 0.25) is 0 Å². The van der Waals surface area contributed by atoms with Gasteiger partial charge in [-0.3, -0.25) is 15.0 Å². The van der Waals surface area contributed by atoms with Crippen LogP contribution < -0.4 is 5.73 Å². The van der Waals surface area contributed by atoms with Crippen molar-refractivity contribution in [2.24, 2.45) is 11.7 Å². The van der Waals surface area contributed by atoms with Crippen molar-refractivity contribution in [3.63, 3.8) is 0 Å². The summed E-state index contributed by atoms with van der Waals surface area (Å²) in [6.45, 7) is 3.88. The molecule has 2 unspecified atom stereocenters. The van der Waals surface area contributed by atoms with Crippen LogP contribution in [0, 0.1) is 21.8 Å². The molecule has 1 aliphatic rings. The van der Waals surface area contributed by atoms with Gasteiger partial charge in [-0.25, -0.2) is 4.39 Å². The Labute approximate surface area is 129 Å². The smallest absolute Gasteiger partial charge is 0.274 e. The molecule has 1 heterocycles. The SMILES string of the molecule is CC1CCCN(Cc2cc(F)ccc2[N+](=O)[O-])C1CN.Cl. The molecule has 2 rings (SSSR count). The zero-order chi connectivity index (χ0) is 14.7. The average molecular weight is 318 g/mol. The van der Waals surface area contributed by atoms with Crippen molar-refractivity contribution in [1.29, 1.82) is 0 Å². The van der Waals surface area contributed by atoms with Crippen molar-refractivity contribution >= 4 is 18.1 Å². The third kappa shape index (κ3) is 4.12. The number of rotatable bonds is 4. The summed E-state index contributed by atoms with van der Waals surface area (Å²) in [6, 6.07) is 3.81. The molecule has 7 heteroatoms. The first kappa shape index (κ1) is 17.8. The van der Waals surface area contributed by atoms with Gasteiger partial charge in [-0.1, -0.05) is 6.92 Å². The number of piperidine rings is 1. The summed E-state index contributed by atoms with van der Waals surface area (Å²) in [5.41, 5.74) is 6.21. The number of nitrogens with zero attached hydrogens (tertiary/aromatic N) is 2. The van der Waals surface area contributed by atoms with Gasteiger partial charge in [-0.2, -0.15) is 0 Å². The minimum absolute atomic E-state index is 0. The summed E-state index contributed by atoms with van der Waals surface area (Å²) in [5, 5.41) is 11.0. The quantitative estimate of drug-likeness (QED) is 0.684. The summed E-state index contributed by atoms with van der Waals surface area (Å²) in [4.78, 5) is 12.7. The third-order valence-corrected chi connectivity index (χ3v) is 4.08. The van der Waals surface area contributed by atoms with Crippen LogP contribution in [-0.2, 0) is 6.54 Å². The number of nitro groups is 1. The van der Waals surface area contributed by atoms with Gasteiger partial charge in [0, 0.05) is 30.8 Å². The van der Waals surface area contributed by atoms with Gasteiger partial charge in [-0.05, 0) is 37.4 Å². The second kappa shape index (κ2) is 7.68. The topological polar surface area (TPSA) is 72.4 Å². The van der Waals surface area contributed by atoms with Crippen LogP contribution >= 0.6 is 12.4 Å². The Morgan fingerprint density at radius 2 is 2.24 bits per heavy atom. The summed E-state index contributed by atoms with van der Waals surface area (Å²) in [7, 11) is 0. The summed E-state index contributed by atoms with van der Waals surface area (Å²) >= 11 is 0. The van der Waals surface area contributed by atoms with Gasteiger partial charge in [0.05, 0.1) is 4.92 Å². The number of nitrogens with two attached hydrogens (primary N) is 1. The standard InChI is InChI=1S/C14H20FN3O2.ClH/c1-10-3-2-6-17(14(10)8-16)9-11-7-12(15)4-5-13(11)18(19)20;/h4-5,7,10,14H,2-3,6,8-9,16H2,1H3;1H. The predicted molar refractivity (Wildman–Crippen MR) is 82.0 cm³/mol. The van der Waals surface area contributed by atoms with Crippen LogP contribution in [0.4, 0.5) is 10.1 Å². The van der Waals surface area contributed by atoms with Crippen molar-refractivity contribution in [3.05, 3.63) is 39.7 Å². The lowest BCUT2D eigenvalue weighted by Crippen LogP contribution is -2.48. The van der Waals surface area contributed by atoms with Gasteiger partial charge in [0.1, 0.15) is 5.82 Å². The van der Waals surface area contributed by atoms with Crippen LogP contribution in [-0.4, -0.2) is 29.0 Å². The van der Waals surface area contributed by atoms with Crippen molar-refractivity contribution in [2.45, 2.75) is 32.4 Å². The van der Waals surface area contributed by atoms with Crippen LogP contribution in [0.2, 0.25) is 0 Å². The second-order valence-corrected chi connectivity index (χ2v) is 5.42. The molecule has 0 aromatic heterocycles. The lowest BCUT2D eigenvalue weighted by atomic mass is 9.90. The molecule has 0 bridgehead atoms. The van der Waals surface area contributed by atoms with Crippen molar-refractivity contribution in [1.82, 2.24) is 4.90 Å². The molecule has 5 nitrogen and oxygen atoms in total. The number of likely N-dealkylation sites (tertiary alicyclic amines) is 1. The minimum Gasteiger partial charge on any atom is -0.329 e. The molecule has 1 aliphatic heterocycles. The van der Waals surface area contributed by atoms with Crippen molar-refractivity contribution in [2.75, 3.05) is 13.1 Å². The van der Waals surface area contributed by atoms with Gasteiger partial charge in [0.25, 0.3) is 5.69 Å². The molecule has 0 aliphatic carbocycles. The number of nitro benzene ring substituents is 1. The maximum Gasteiger partial charge on any atom is 0.274 e. The summed E-state index contributed by atoms with van der Waals surface area (Å²) in [5.74, 6) is 0.0151. The Balaban J connectivity index is 0.00000220. The van der Waals surface area contributed by atoms with E-state index < -0.39 is 10.7 Å². The van der Waals surface area contributed by atoms with Gasteiger partial charge < -0.3 is 5.73 Å². The second-order valence-electron chi connectivity index (χ2n) is 5.42. The highest BCUT2D eigenvalue weighted by molar-refractivity contribution is 5.85. The molecule has 0 radical (unpaired) electrons. The lowest BCUT2D eigenvalue weighted by molar-refractivity contribution is -0.385. The predicted octanol–water partition coefficient (Wildman–Crippen LogP) is 2.71. The van der Waals surface area contributed by atoms with E-state index in [1.54, 1.807) is 0 Å². The average Bonchev–Trinajstić information content (AvgIpc) is 2.38. The van der Waals surface area contributed by atoms with Crippen LogP contribution in [0.1, 0.15) is 25.3 Å². The van der Waals surface area contributed by atoms with E-state index in [9.17, 15) is 14.5 Å². The normalized spacial score (nSPS) is 22.6. The van der Waals surface area contributed by atoms with E-state index >= 15 is 0 Å². The van der Waals surface area contributed by atoms with E-state index in [2.05, 4.69) is 11.8 Å². The van der Waals surface area contributed by atoms with Crippen LogP contribution in [0.15, 0.2) is 18.2 Å². The molecule has 118 valence electrons. The fourth-order valence-corrected chi connectivity index (χ4v) is 2.99. The summed E-state index contributed by atoms with van der Waals surface area (Å²) in [6.07, 6.45) is 2.16. The van der Waals surface area contributed by atoms with E-state index in [1.165, 1.54) is 12.1 Å². The largest absolute Gasteiger partial charge is 0.329 e. The number of hydrogen-bond acceptors (Lipinski definition) is 4. The number of benzene rings is 1. The highest BCUT2D eigenvalue weighted by Crippen LogP contribution is 2.27.